The Morgan fingerprint density at radius 2 is 2.00 bits per heavy atom. The fourth-order valence-electron chi connectivity index (χ4n) is 3.35. The first-order chi connectivity index (χ1) is 10.3. The van der Waals surface area contributed by atoms with Crippen molar-refractivity contribution in [3.63, 3.8) is 0 Å². The van der Waals surface area contributed by atoms with Gasteiger partial charge in [0.2, 0.25) is 0 Å². The molecule has 0 bridgehead atoms. The molecule has 116 valence electrons. The molecule has 4 heteroatoms. The number of hydrogen-bond acceptors (Lipinski definition) is 4. The van der Waals surface area contributed by atoms with E-state index in [0.717, 1.165) is 57.7 Å². The molecule has 1 aromatic carbocycles. The van der Waals surface area contributed by atoms with Gasteiger partial charge < -0.3 is 14.6 Å². The summed E-state index contributed by atoms with van der Waals surface area (Å²) in [6.45, 7) is 4.40. The predicted molar refractivity (Wildman–Crippen MR) is 81.5 cm³/mol. The summed E-state index contributed by atoms with van der Waals surface area (Å²) in [5.41, 5.74) is -0.269. The van der Waals surface area contributed by atoms with Crippen molar-refractivity contribution in [3.8, 4) is 5.75 Å². The zero-order valence-corrected chi connectivity index (χ0v) is 12.5. The molecule has 1 aromatic rings. The molecule has 1 N–H and O–H groups in total. The van der Waals surface area contributed by atoms with E-state index in [1.165, 1.54) is 0 Å². The highest BCUT2D eigenvalue weighted by Gasteiger charge is 2.43. The lowest BCUT2D eigenvalue weighted by Crippen LogP contribution is -2.55. The van der Waals surface area contributed by atoms with Crippen molar-refractivity contribution in [2.45, 2.75) is 37.4 Å². The first-order valence-electron chi connectivity index (χ1n) is 8.01. The first kappa shape index (κ1) is 14.8. The summed E-state index contributed by atoms with van der Waals surface area (Å²) in [6.07, 6.45) is 3.45. The number of nitrogens with zero attached hydrogens (tertiary/aromatic N) is 1. The molecule has 2 saturated heterocycles. The quantitative estimate of drug-likeness (QED) is 0.922. The maximum absolute atomic E-state index is 10.2. The summed E-state index contributed by atoms with van der Waals surface area (Å²) in [4.78, 5) is 2.40. The fraction of sp³-hybridized carbons (Fsp3) is 0.647. The number of para-hydroxylation sites is 1. The number of hydrogen-bond donors (Lipinski definition) is 1. The Balaban J connectivity index is 1.41. The maximum Gasteiger partial charge on any atom is 0.119 e. The molecule has 3 rings (SSSR count). The molecule has 0 aliphatic carbocycles. The predicted octanol–water partition coefficient (Wildman–Crippen LogP) is 2.07. The topological polar surface area (TPSA) is 41.9 Å². The highest BCUT2D eigenvalue weighted by molar-refractivity contribution is 5.20. The third-order valence-corrected chi connectivity index (χ3v) is 4.74. The minimum absolute atomic E-state index is 0.269. The van der Waals surface area contributed by atoms with E-state index in [0.29, 0.717) is 6.61 Å². The molecule has 1 atom stereocenters. The van der Waals surface area contributed by atoms with Crippen LogP contribution < -0.4 is 4.74 Å². The van der Waals surface area contributed by atoms with Gasteiger partial charge in [-0.15, -0.1) is 0 Å². The number of benzene rings is 1. The van der Waals surface area contributed by atoms with Gasteiger partial charge in [-0.1, -0.05) is 18.2 Å². The van der Waals surface area contributed by atoms with Crippen molar-refractivity contribution < 1.29 is 14.6 Å². The van der Waals surface area contributed by atoms with Gasteiger partial charge in [0, 0.05) is 26.2 Å². The summed E-state index contributed by atoms with van der Waals surface area (Å²) < 4.78 is 11.7. The van der Waals surface area contributed by atoms with Gasteiger partial charge in [0.1, 0.15) is 12.4 Å². The van der Waals surface area contributed by atoms with Crippen LogP contribution in [0.5, 0.6) is 5.75 Å². The van der Waals surface area contributed by atoms with Crippen molar-refractivity contribution in [3.05, 3.63) is 30.3 Å². The Hall–Kier alpha value is -1.10. The van der Waals surface area contributed by atoms with E-state index in [-0.39, 0.29) is 11.7 Å². The van der Waals surface area contributed by atoms with E-state index in [4.69, 9.17) is 9.47 Å². The third kappa shape index (κ3) is 3.57. The minimum atomic E-state index is -0.283. The van der Waals surface area contributed by atoms with Crippen LogP contribution in [0.4, 0.5) is 0 Å². The average Bonchev–Trinajstić information content (AvgIpc) is 2.53. The Bertz CT molecular complexity index is 429. The van der Waals surface area contributed by atoms with E-state index in [1.807, 2.05) is 30.3 Å². The lowest BCUT2D eigenvalue weighted by atomic mass is 9.82. The van der Waals surface area contributed by atoms with Crippen molar-refractivity contribution in [2.75, 3.05) is 32.8 Å². The smallest absolute Gasteiger partial charge is 0.119 e. The van der Waals surface area contributed by atoms with Crippen LogP contribution in [0.2, 0.25) is 0 Å². The third-order valence-electron chi connectivity index (χ3n) is 4.74. The molecule has 0 unspecified atom stereocenters. The van der Waals surface area contributed by atoms with Crippen LogP contribution in [0.1, 0.15) is 25.7 Å². The molecule has 4 nitrogen and oxygen atoms in total. The maximum atomic E-state index is 10.2. The Morgan fingerprint density at radius 3 is 2.71 bits per heavy atom. The summed E-state index contributed by atoms with van der Waals surface area (Å²) in [5, 5.41) is 10.2. The molecule has 1 spiro atoms. The number of ether oxygens (including phenoxy) is 2. The van der Waals surface area contributed by atoms with Crippen molar-refractivity contribution in [2.24, 2.45) is 0 Å². The van der Waals surface area contributed by atoms with Crippen LogP contribution in [-0.2, 0) is 4.74 Å². The van der Waals surface area contributed by atoms with E-state index in [2.05, 4.69) is 4.90 Å². The van der Waals surface area contributed by atoms with Crippen LogP contribution in [0, 0.1) is 0 Å². The Morgan fingerprint density at radius 1 is 1.24 bits per heavy atom. The SMILES string of the molecule is O[C@@H]1CCCOC12CCN(CCOc1ccccc1)CC2. The van der Waals surface area contributed by atoms with Crippen LogP contribution in [-0.4, -0.2) is 54.6 Å². The van der Waals surface area contributed by atoms with Crippen molar-refractivity contribution in [1.29, 1.82) is 0 Å². The molecule has 2 fully saturated rings. The van der Waals surface area contributed by atoms with Gasteiger partial charge >= 0.3 is 0 Å². The highest BCUT2D eigenvalue weighted by Crippen LogP contribution is 2.35. The first-order valence-corrected chi connectivity index (χ1v) is 8.01. The van der Waals surface area contributed by atoms with Gasteiger partial charge in [0.05, 0.1) is 11.7 Å². The van der Waals surface area contributed by atoms with Gasteiger partial charge in [-0.25, -0.2) is 0 Å². The van der Waals surface area contributed by atoms with Crippen molar-refractivity contribution >= 4 is 0 Å². The van der Waals surface area contributed by atoms with E-state index < -0.39 is 0 Å². The van der Waals surface area contributed by atoms with Gasteiger partial charge in [-0.3, -0.25) is 4.90 Å². The Kier molecular flexibility index (Phi) is 4.78. The Labute approximate surface area is 126 Å². The van der Waals surface area contributed by atoms with Crippen LogP contribution >= 0.6 is 0 Å². The average molecular weight is 291 g/mol. The summed E-state index contributed by atoms with van der Waals surface area (Å²) in [7, 11) is 0. The molecule has 21 heavy (non-hydrogen) atoms. The number of piperidine rings is 1. The van der Waals surface area contributed by atoms with Gasteiger partial charge in [0.25, 0.3) is 0 Å². The van der Waals surface area contributed by atoms with Gasteiger partial charge in [-0.2, -0.15) is 0 Å². The number of aliphatic hydroxyl groups is 1. The summed E-state index contributed by atoms with van der Waals surface area (Å²) in [6, 6.07) is 9.94. The van der Waals surface area contributed by atoms with Gasteiger partial charge in [-0.05, 0) is 37.8 Å². The van der Waals surface area contributed by atoms with E-state index in [9.17, 15) is 5.11 Å². The largest absolute Gasteiger partial charge is 0.492 e. The monoisotopic (exact) mass is 291 g/mol. The molecule has 0 aromatic heterocycles. The second-order valence-corrected chi connectivity index (χ2v) is 6.07. The molecule has 0 amide bonds. The lowest BCUT2D eigenvalue weighted by Gasteiger charge is -2.46. The highest BCUT2D eigenvalue weighted by atomic mass is 16.5. The van der Waals surface area contributed by atoms with E-state index >= 15 is 0 Å². The van der Waals surface area contributed by atoms with Gasteiger partial charge in [0.15, 0.2) is 0 Å². The van der Waals surface area contributed by atoms with Crippen molar-refractivity contribution in [1.82, 2.24) is 4.90 Å². The lowest BCUT2D eigenvalue weighted by molar-refractivity contribution is -0.177. The van der Waals surface area contributed by atoms with Crippen LogP contribution in [0.3, 0.4) is 0 Å². The number of likely N-dealkylation sites (tertiary alicyclic amines) is 1. The molecular weight excluding hydrogens is 266 g/mol. The molecule has 2 heterocycles. The molecule has 0 radical (unpaired) electrons. The van der Waals surface area contributed by atoms with E-state index in [1.54, 1.807) is 0 Å². The summed E-state index contributed by atoms with van der Waals surface area (Å²) in [5.74, 6) is 0.928. The molecule has 2 aliphatic heterocycles. The second-order valence-electron chi connectivity index (χ2n) is 6.07. The zero-order valence-electron chi connectivity index (χ0n) is 12.5. The molecule has 2 aliphatic rings. The summed E-state index contributed by atoms with van der Waals surface area (Å²) >= 11 is 0. The van der Waals surface area contributed by atoms with Crippen LogP contribution in [0.15, 0.2) is 30.3 Å². The fourth-order valence-corrected chi connectivity index (χ4v) is 3.35. The number of aliphatic hydroxyl groups excluding tert-OH is 1. The normalized spacial score (nSPS) is 25.9. The van der Waals surface area contributed by atoms with Crippen LogP contribution in [0.25, 0.3) is 0 Å². The molecule has 0 saturated carbocycles. The zero-order chi connectivity index (χ0) is 14.5. The minimum Gasteiger partial charge on any atom is -0.492 e. The molecular formula is C17H25NO3. The standard InChI is InChI=1S/C17H25NO3/c19-16-7-4-13-21-17(16)8-10-18(11-9-17)12-14-20-15-5-2-1-3-6-15/h1-3,5-6,16,19H,4,7-14H2/t16-/m1/s1. The second kappa shape index (κ2) is 6.77. The number of rotatable bonds is 4.